The van der Waals surface area contributed by atoms with Gasteiger partial charge in [0.05, 0.1) is 17.3 Å². The number of anilines is 1. The molecule has 1 aliphatic rings. The number of aromatic nitrogens is 1. The first-order valence-corrected chi connectivity index (χ1v) is 15.8. The highest BCUT2D eigenvalue weighted by Gasteiger charge is 2.48. The lowest BCUT2D eigenvalue weighted by Gasteiger charge is -2.31. The SMILES string of the molecule is COc1ccc(CCNC(=O)C2(CCCCSc3nc4ccc(N)cc4s3)c3ccccc3-c3ccccc32)cc1. The zero-order chi connectivity index (χ0) is 28.2. The molecule has 1 heterocycles. The van der Waals surface area contributed by atoms with Crippen LogP contribution in [0.4, 0.5) is 5.69 Å². The van der Waals surface area contributed by atoms with Gasteiger partial charge in [0, 0.05) is 18.0 Å². The summed E-state index contributed by atoms with van der Waals surface area (Å²) in [5, 5.41) is 3.32. The van der Waals surface area contributed by atoms with Crippen molar-refractivity contribution in [2.45, 2.75) is 35.4 Å². The number of nitrogen functional groups attached to an aromatic ring is 1. The first kappa shape index (κ1) is 27.4. The highest BCUT2D eigenvalue weighted by molar-refractivity contribution is 8.01. The van der Waals surface area contributed by atoms with Crippen molar-refractivity contribution in [3.8, 4) is 16.9 Å². The van der Waals surface area contributed by atoms with Crippen molar-refractivity contribution >= 4 is 44.9 Å². The Morgan fingerprint density at radius 2 is 1.66 bits per heavy atom. The van der Waals surface area contributed by atoms with E-state index in [0.717, 1.165) is 79.7 Å². The van der Waals surface area contributed by atoms with Crippen molar-refractivity contribution < 1.29 is 9.53 Å². The number of methoxy groups -OCH3 is 1. The number of carbonyl (C=O) groups is 1. The molecule has 7 heteroatoms. The summed E-state index contributed by atoms with van der Waals surface area (Å²) in [7, 11) is 1.67. The number of ether oxygens (including phenoxy) is 1. The number of amides is 1. The van der Waals surface area contributed by atoms with Crippen LogP contribution >= 0.6 is 23.1 Å². The second-order valence-corrected chi connectivity index (χ2v) is 12.7. The summed E-state index contributed by atoms with van der Waals surface area (Å²) < 4.78 is 7.46. The highest BCUT2D eigenvalue weighted by Crippen LogP contribution is 2.51. The van der Waals surface area contributed by atoms with Crippen molar-refractivity contribution in [1.82, 2.24) is 10.3 Å². The molecule has 41 heavy (non-hydrogen) atoms. The number of fused-ring (bicyclic) bond motifs is 4. The monoisotopic (exact) mass is 579 g/mol. The van der Waals surface area contributed by atoms with Crippen LogP contribution in [0.1, 0.15) is 36.0 Å². The average molecular weight is 580 g/mol. The number of benzene rings is 4. The number of thioether (sulfide) groups is 1. The number of unbranched alkanes of at least 4 members (excludes halogenated alkanes) is 1. The van der Waals surface area contributed by atoms with Gasteiger partial charge in [-0.3, -0.25) is 4.79 Å². The Kier molecular flexibility index (Phi) is 7.99. The maximum absolute atomic E-state index is 14.2. The number of nitrogens with two attached hydrogens (primary N) is 1. The summed E-state index contributed by atoms with van der Waals surface area (Å²) in [6.45, 7) is 0.579. The van der Waals surface area contributed by atoms with Crippen LogP contribution in [0.2, 0.25) is 0 Å². The lowest BCUT2D eigenvalue weighted by atomic mass is 9.73. The standard InChI is InChI=1S/C34H33N3O2S2/c1-39-25-15-12-23(13-16-25)18-20-36-32(38)34(28-10-4-2-8-26(28)27-9-3-5-11-29(27)34)19-6-7-21-40-33-37-30-17-14-24(35)22-31(30)41-33/h2-5,8-17,22H,6-7,18-21,35H2,1H3,(H,36,38). The molecule has 0 unspecified atom stereocenters. The Morgan fingerprint density at radius 3 is 2.37 bits per heavy atom. The number of carbonyl (C=O) groups excluding carboxylic acids is 1. The molecule has 208 valence electrons. The first-order valence-electron chi connectivity index (χ1n) is 14.0. The Balaban J connectivity index is 1.18. The molecule has 0 spiro atoms. The minimum atomic E-state index is -0.703. The maximum atomic E-state index is 14.2. The van der Waals surface area contributed by atoms with Crippen molar-refractivity contribution in [2.24, 2.45) is 0 Å². The van der Waals surface area contributed by atoms with Gasteiger partial charge in [-0.25, -0.2) is 4.98 Å². The molecule has 4 aromatic carbocycles. The lowest BCUT2D eigenvalue weighted by molar-refractivity contribution is -0.125. The quantitative estimate of drug-likeness (QED) is 0.0964. The second-order valence-electron chi connectivity index (χ2n) is 10.4. The minimum Gasteiger partial charge on any atom is -0.497 e. The Morgan fingerprint density at radius 1 is 0.951 bits per heavy atom. The smallest absolute Gasteiger partial charge is 0.235 e. The molecule has 0 atom stereocenters. The predicted octanol–water partition coefficient (Wildman–Crippen LogP) is 7.48. The van der Waals surface area contributed by atoms with Gasteiger partial charge in [0.1, 0.15) is 11.2 Å². The highest BCUT2D eigenvalue weighted by atomic mass is 32.2. The summed E-state index contributed by atoms with van der Waals surface area (Å²) in [6, 6.07) is 30.7. The number of hydrogen-bond acceptors (Lipinski definition) is 6. The van der Waals surface area contributed by atoms with Gasteiger partial charge in [0.2, 0.25) is 5.91 Å². The maximum Gasteiger partial charge on any atom is 0.235 e. The van der Waals surface area contributed by atoms with E-state index < -0.39 is 5.41 Å². The fraction of sp³-hybridized carbons (Fsp3) is 0.235. The van der Waals surface area contributed by atoms with E-state index in [2.05, 4.69) is 66.0 Å². The number of nitrogens with zero attached hydrogens (tertiary/aromatic N) is 1. The molecule has 0 saturated heterocycles. The van der Waals surface area contributed by atoms with Crippen LogP contribution in [0.15, 0.2) is 95.3 Å². The summed E-state index contributed by atoms with van der Waals surface area (Å²) in [5.41, 5.74) is 12.7. The van der Waals surface area contributed by atoms with Crippen LogP contribution in [0.3, 0.4) is 0 Å². The molecule has 0 saturated carbocycles. The van der Waals surface area contributed by atoms with Crippen LogP contribution in [-0.2, 0) is 16.6 Å². The molecule has 0 aliphatic heterocycles. The van der Waals surface area contributed by atoms with Crippen molar-refractivity contribution in [3.63, 3.8) is 0 Å². The van der Waals surface area contributed by atoms with Gasteiger partial charge in [-0.15, -0.1) is 11.3 Å². The molecular formula is C34H33N3O2S2. The zero-order valence-electron chi connectivity index (χ0n) is 23.1. The molecule has 1 amide bonds. The third-order valence-corrected chi connectivity index (χ3v) is 10.1. The van der Waals surface area contributed by atoms with Crippen LogP contribution < -0.4 is 15.8 Å². The molecule has 1 aromatic heterocycles. The van der Waals surface area contributed by atoms with E-state index in [1.165, 1.54) is 5.56 Å². The van der Waals surface area contributed by atoms with E-state index in [4.69, 9.17) is 15.5 Å². The van der Waals surface area contributed by atoms with Gasteiger partial charge in [0.15, 0.2) is 4.34 Å². The molecular weight excluding hydrogens is 547 g/mol. The van der Waals surface area contributed by atoms with Crippen molar-refractivity contribution in [3.05, 3.63) is 108 Å². The Hall–Kier alpha value is -3.81. The minimum absolute atomic E-state index is 0.0832. The van der Waals surface area contributed by atoms with Gasteiger partial charge in [-0.1, -0.05) is 78.8 Å². The van der Waals surface area contributed by atoms with E-state index in [9.17, 15) is 4.79 Å². The Labute approximate surface area is 249 Å². The molecule has 5 aromatic rings. The largest absolute Gasteiger partial charge is 0.497 e. The van der Waals surface area contributed by atoms with E-state index in [1.807, 2.05) is 30.3 Å². The van der Waals surface area contributed by atoms with E-state index >= 15 is 0 Å². The van der Waals surface area contributed by atoms with Crippen LogP contribution in [0.5, 0.6) is 5.75 Å². The van der Waals surface area contributed by atoms with Gasteiger partial charge in [-0.2, -0.15) is 0 Å². The Bertz CT molecular complexity index is 1630. The molecule has 6 rings (SSSR count). The molecule has 3 N–H and O–H groups in total. The van der Waals surface area contributed by atoms with E-state index in [1.54, 1.807) is 30.2 Å². The third kappa shape index (κ3) is 5.44. The number of thiazole rings is 1. The van der Waals surface area contributed by atoms with Gasteiger partial charge in [-0.05, 0) is 77.4 Å². The van der Waals surface area contributed by atoms with Gasteiger partial charge in [0.25, 0.3) is 0 Å². The van der Waals surface area contributed by atoms with E-state index in [-0.39, 0.29) is 5.91 Å². The van der Waals surface area contributed by atoms with Crippen LogP contribution in [0.25, 0.3) is 21.3 Å². The molecule has 0 radical (unpaired) electrons. The third-order valence-electron chi connectivity index (χ3n) is 7.87. The molecule has 0 fully saturated rings. The zero-order valence-corrected chi connectivity index (χ0v) is 24.7. The summed E-state index contributed by atoms with van der Waals surface area (Å²) >= 11 is 3.47. The average Bonchev–Trinajstić information content (AvgIpc) is 3.54. The normalized spacial score (nSPS) is 13.1. The fourth-order valence-electron chi connectivity index (χ4n) is 5.85. The molecule has 5 nitrogen and oxygen atoms in total. The van der Waals surface area contributed by atoms with E-state index in [0.29, 0.717) is 6.54 Å². The summed E-state index contributed by atoms with van der Waals surface area (Å²) in [5.74, 6) is 1.87. The van der Waals surface area contributed by atoms with Crippen molar-refractivity contribution in [1.29, 1.82) is 0 Å². The van der Waals surface area contributed by atoms with Crippen LogP contribution in [0, 0.1) is 0 Å². The summed E-state index contributed by atoms with van der Waals surface area (Å²) in [6.07, 6.45) is 3.44. The molecule has 1 aliphatic carbocycles. The molecule has 0 bridgehead atoms. The first-order chi connectivity index (χ1) is 20.1. The second kappa shape index (κ2) is 12.0. The summed E-state index contributed by atoms with van der Waals surface area (Å²) in [4.78, 5) is 19.0. The van der Waals surface area contributed by atoms with Crippen molar-refractivity contribution in [2.75, 3.05) is 25.1 Å². The predicted molar refractivity (Wildman–Crippen MR) is 171 cm³/mol. The van der Waals surface area contributed by atoms with Gasteiger partial charge < -0.3 is 15.8 Å². The number of hydrogen-bond donors (Lipinski definition) is 2. The fourth-order valence-corrected chi connectivity index (χ4v) is 8.04. The number of nitrogens with one attached hydrogen (secondary N) is 1. The van der Waals surface area contributed by atoms with Crippen LogP contribution in [-0.4, -0.2) is 30.3 Å². The number of rotatable bonds is 11. The topological polar surface area (TPSA) is 77.2 Å². The lowest BCUT2D eigenvalue weighted by Crippen LogP contribution is -2.45. The van der Waals surface area contributed by atoms with Gasteiger partial charge >= 0.3 is 0 Å².